The molecule has 0 bridgehead atoms. The molecular formula is C15H23ClN2O2S. The molecule has 1 saturated carbocycles. The number of aromatic nitrogens is 2. The Morgan fingerprint density at radius 3 is 2.76 bits per heavy atom. The zero-order chi connectivity index (χ0) is 15.3. The summed E-state index contributed by atoms with van der Waals surface area (Å²) >= 11 is 5.67. The number of nitrogens with zero attached hydrogens (tertiary/aromatic N) is 2. The Labute approximate surface area is 132 Å². The molecule has 1 aromatic heterocycles. The van der Waals surface area contributed by atoms with Gasteiger partial charge < -0.3 is 0 Å². The normalized spacial score (nSPS) is 17.0. The van der Waals surface area contributed by atoms with Crippen LogP contribution in [0.4, 0.5) is 0 Å². The molecule has 1 fully saturated rings. The van der Waals surface area contributed by atoms with E-state index in [1.807, 2.05) is 10.7 Å². The summed E-state index contributed by atoms with van der Waals surface area (Å²) in [5.41, 5.74) is 0.812. The fourth-order valence-electron chi connectivity index (χ4n) is 2.89. The van der Waals surface area contributed by atoms with E-state index in [-0.39, 0.29) is 11.5 Å². The van der Waals surface area contributed by atoms with Crippen molar-refractivity contribution < 1.29 is 8.42 Å². The van der Waals surface area contributed by atoms with Crippen LogP contribution < -0.4 is 0 Å². The first kappa shape index (κ1) is 16.6. The Morgan fingerprint density at radius 2 is 2.10 bits per heavy atom. The number of hydrogen-bond donors (Lipinski definition) is 0. The summed E-state index contributed by atoms with van der Waals surface area (Å²) in [6.45, 7) is 3.58. The van der Waals surface area contributed by atoms with Crippen molar-refractivity contribution in [2.24, 2.45) is 0 Å². The minimum Gasteiger partial charge on any atom is -0.266 e. The lowest BCUT2D eigenvalue weighted by atomic mass is 9.95. The van der Waals surface area contributed by atoms with E-state index in [1.165, 1.54) is 19.3 Å². The van der Waals surface area contributed by atoms with Gasteiger partial charge in [0.2, 0.25) is 0 Å². The van der Waals surface area contributed by atoms with Crippen LogP contribution in [-0.4, -0.2) is 24.0 Å². The van der Waals surface area contributed by atoms with Crippen molar-refractivity contribution in [3.05, 3.63) is 29.6 Å². The lowest BCUT2D eigenvalue weighted by molar-refractivity contribution is 0.324. The number of halogens is 1. The molecule has 0 N–H and O–H groups in total. The molecule has 0 spiro atoms. The van der Waals surface area contributed by atoms with Gasteiger partial charge in [0, 0.05) is 11.2 Å². The fraction of sp³-hybridized carbons (Fsp3) is 0.667. The van der Waals surface area contributed by atoms with Crippen LogP contribution in [0.5, 0.6) is 0 Å². The summed E-state index contributed by atoms with van der Waals surface area (Å²) in [6, 6.07) is 2.19. The van der Waals surface area contributed by atoms with Crippen LogP contribution in [-0.2, 0) is 15.6 Å². The fourth-order valence-corrected chi connectivity index (χ4v) is 4.43. The average molecular weight is 331 g/mol. The molecule has 6 heteroatoms. The highest BCUT2D eigenvalue weighted by Crippen LogP contribution is 2.29. The summed E-state index contributed by atoms with van der Waals surface area (Å²) < 4.78 is 26.3. The largest absolute Gasteiger partial charge is 0.266 e. The Hall–Kier alpha value is -0.810. The van der Waals surface area contributed by atoms with Gasteiger partial charge in [-0.05, 0) is 31.7 Å². The monoisotopic (exact) mass is 330 g/mol. The molecule has 0 atom stereocenters. The van der Waals surface area contributed by atoms with Crippen LogP contribution >= 0.6 is 11.6 Å². The van der Waals surface area contributed by atoms with E-state index in [9.17, 15) is 8.42 Å². The van der Waals surface area contributed by atoms with Gasteiger partial charge in [-0.25, -0.2) is 8.42 Å². The number of rotatable bonds is 7. The van der Waals surface area contributed by atoms with Crippen LogP contribution in [0.25, 0.3) is 0 Å². The first-order valence-corrected chi connectivity index (χ1v) is 9.74. The molecule has 0 amide bonds. The van der Waals surface area contributed by atoms with Crippen molar-refractivity contribution in [2.75, 3.05) is 5.75 Å². The maximum absolute atomic E-state index is 12.2. The quantitative estimate of drug-likeness (QED) is 0.763. The van der Waals surface area contributed by atoms with Crippen LogP contribution in [0.15, 0.2) is 23.9 Å². The standard InChI is InChI=1S/C15H23ClN2O2S/c1-13(16)6-5-11-21(19,20)12-15-9-10-17-18(15)14-7-3-2-4-8-14/h9-10,14H,1-8,11-12H2. The predicted octanol–water partition coefficient (Wildman–Crippen LogP) is 3.84. The van der Waals surface area contributed by atoms with Crippen LogP contribution in [0.3, 0.4) is 0 Å². The second-order valence-electron chi connectivity index (χ2n) is 5.77. The lowest BCUT2D eigenvalue weighted by Crippen LogP contribution is -2.19. The Balaban J connectivity index is 1.99. The van der Waals surface area contributed by atoms with Crippen molar-refractivity contribution in [3.63, 3.8) is 0 Å². The molecule has 0 saturated heterocycles. The van der Waals surface area contributed by atoms with E-state index in [2.05, 4.69) is 11.7 Å². The van der Waals surface area contributed by atoms with E-state index < -0.39 is 9.84 Å². The van der Waals surface area contributed by atoms with Crippen molar-refractivity contribution >= 4 is 21.4 Å². The summed E-state index contributed by atoms with van der Waals surface area (Å²) in [6.07, 6.45) is 8.66. The van der Waals surface area contributed by atoms with Gasteiger partial charge in [0.15, 0.2) is 9.84 Å². The van der Waals surface area contributed by atoms with Gasteiger partial charge in [-0.15, -0.1) is 0 Å². The van der Waals surface area contributed by atoms with E-state index in [1.54, 1.807) is 6.20 Å². The Bertz CT molecular complexity index is 574. The Morgan fingerprint density at radius 1 is 1.38 bits per heavy atom. The first-order chi connectivity index (χ1) is 9.98. The van der Waals surface area contributed by atoms with Gasteiger partial charge in [0.1, 0.15) is 0 Å². The molecule has 4 nitrogen and oxygen atoms in total. The van der Waals surface area contributed by atoms with Gasteiger partial charge in [0.05, 0.1) is 23.2 Å². The Kier molecular flexibility index (Phi) is 5.88. The van der Waals surface area contributed by atoms with Crippen LogP contribution in [0.1, 0.15) is 56.7 Å². The summed E-state index contributed by atoms with van der Waals surface area (Å²) in [5, 5.41) is 4.86. The van der Waals surface area contributed by atoms with E-state index >= 15 is 0 Å². The highest BCUT2D eigenvalue weighted by molar-refractivity contribution is 7.90. The molecule has 0 radical (unpaired) electrons. The summed E-state index contributed by atoms with van der Waals surface area (Å²) in [5.74, 6) is 0.215. The van der Waals surface area contributed by atoms with Gasteiger partial charge >= 0.3 is 0 Å². The number of allylic oxidation sites excluding steroid dienone is 1. The number of hydrogen-bond acceptors (Lipinski definition) is 3. The smallest absolute Gasteiger partial charge is 0.155 e. The zero-order valence-corrected chi connectivity index (χ0v) is 13.9. The van der Waals surface area contributed by atoms with Gasteiger partial charge in [-0.3, -0.25) is 4.68 Å². The molecule has 0 unspecified atom stereocenters. The minimum atomic E-state index is -3.12. The predicted molar refractivity (Wildman–Crippen MR) is 86.1 cm³/mol. The highest BCUT2D eigenvalue weighted by Gasteiger charge is 2.21. The van der Waals surface area contributed by atoms with E-state index in [0.717, 1.165) is 18.5 Å². The molecule has 1 aliphatic carbocycles. The minimum absolute atomic E-state index is 0.0677. The van der Waals surface area contributed by atoms with Gasteiger partial charge in [-0.2, -0.15) is 5.10 Å². The molecule has 1 heterocycles. The number of sulfone groups is 1. The third-order valence-electron chi connectivity index (χ3n) is 3.94. The zero-order valence-electron chi connectivity index (χ0n) is 12.3. The maximum Gasteiger partial charge on any atom is 0.155 e. The highest BCUT2D eigenvalue weighted by atomic mass is 35.5. The average Bonchev–Trinajstić information content (AvgIpc) is 2.86. The molecule has 1 aliphatic rings. The van der Waals surface area contributed by atoms with Crippen molar-refractivity contribution in [1.82, 2.24) is 9.78 Å². The topological polar surface area (TPSA) is 52.0 Å². The molecule has 21 heavy (non-hydrogen) atoms. The van der Waals surface area contributed by atoms with Gasteiger partial charge in [0.25, 0.3) is 0 Å². The molecule has 1 aromatic rings. The molecule has 118 valence electrons. The van der Waals surface area contributed by atoms with Crippen molar-refractivity contribution in [1.29, 1.82) is 0 Å². The van der Waals surface area contributed by atoms with Crippen LogP contribution in [0, 0.1) is 0 Å². The van der Waals surface area contributed by atoms with E-state index in [4.69, 9.17) is 11.6 Å². The third kappa shape index (κ3) is 5.15. The first-order valence-electron chi connectivity index (χ1n) is 7.54. The summed E-state index contributed by atoms with van der Waals surface area (Å²) in [7, 11) is -3.12. The second-order valence-corrected chi connectivity index (χ2v) is 8.49. The molecular weight excluding hydrogens is 308 g/mol. The maximum atomic E-state index is 12.2. The third-order valence-corrected chi connectivity index (χ3v) is 5.78. The van der Waals surface area contributed by atoms with Crippen molar-refractivity contribution in [3.8, 4) is 0 Å². The van der Waals surface area contributed by atoms with Gasteiger partial charge in [-0.1, -0.05) is 37.4 Å². The van der Waals surface area contributed by atoms with Crippen molar-refractivity contribution in [2.45, 2.75) is 56.7 Å². The van der Waals surface area contributed by atoms with Crippen LogP contribution in [0.2, 0.25) is 0 Å². The molecule has 0 aromatic carbocycles. The second kappa shape index (κ2) is 7.45. The SMILES string of the molecule is C=C(Cl)CCCS(=O)(=O)Cc1ccnn1C1CCCCC1. The molecule has 2 rings (SSSR count). The van der Waals surface area contributed by atoms with E-state index in [0.29, 0.717) is 23.9 Å². The lowest BCUT2D eigenvalue weighted by Gasteiger charge is -2.24. The summed E-state index contributed by atoms with van der Waals surface area (Å²) in [4.78, 5) is 0. The molecule has 0 aliphatic heterocycles.